The Kier molecular flexibility index (Phi) is 7.63. The van der Waals surface area contributed by atoms with Crippen LogP contribution in [0.3, 0.4) is 0 Å². The number of hydrogen-bond donors (Lipinski definition) is 0. The lowest BCUT2D eigenvalue weighted by Gasteiger charge is -2.49. The third-order valence-electron chi connectivity index (χ3n) is 8.71. The molecule has 2 aliphatic heterocycles. The molecule has 3 fully saturated rings. The molecule has 7 rings (SSSR count). The largest absolute Gasteiger partial charge is 0.381 e. The molecule has 0 amide bonds. The fraction of sp³-hybridized carbons (Fsp3) is 0.586. The molecule has 1 aliphatic carbocycles. The van der Waals surface area contributed by atoms with E-state index in [2.05, 4.69) is 33.0 Å². The van der Waals surface area contributed by atoms with Gasteiger partial charge in [0.1, 0.15) is 17.7 Å². The summed E-state index contributed by atoms with van der Waals surface area (Å²) in [5.74, 6) is -0.464. The fourth-order valence-electron chi connectivity index (χ4n) is 6.45. The third kappa shape index (κ3) is 5.39. The summed E-state index contributed by atoms with van der Waals surface area (Å²) in [6, 6.07) is 5.96. The van der Waals surface area contributed by atoms with Crippen molar-refractivity contribution in [1.29, 1.82) is 0 Å². The molecule has 0 bridgehead atoms. The van der Waals surface area contributed by atoms with Crippen molar-refractivity contribution in [2.24, 2.45) is 13.0 Å². The molecule has 5 heterocycles. The lowest BCUT2D eigenvalue weighted by atomic mass is 9.73. The van der Waals surface area contributed by atoms with E-state index in [1.807, 2.05) is 42.0 Å². The maximum Gasteiger partial charge on any atom is 0.258 e. The summed E-state index contributed by atoms with van der Waals surface area (Å²) in [7, 11) is 1.97. The number of piperazine rings is 1. The number of imidazole rings is 1. The molecule has 3 aromatic heterocycles. The van der Waals surface area contributed by atoms with E-state index in [-0.39, 0.29) is 30.8 Å². The standard InChI is InChI=1S/C25H29ClF2N8.C4H8O/c1-14-9-17(5-6-19(14)26)21(18-10-25(27,28)11-18)34-7-8-35(15(2)12-34)22-20-23(33(4)16(3)30-20)36-13-29-32-24(36)31-22;1-2-4-5-3-1/h5-6,9,13,15,18,21H,7-8,10-12H2,1-4H3;1-4H2. The third-order valence-corrected chi connectivity index (χ3v) is 9.13. The van der Waals surface area contributed by atoms with Crippen LogP contribution in [0.2, 0.25) is 5.02 Å². The van der Waals surface area contributed by atoms with Crippen molar-refractivity contribution in [2.45, 2.75) is 64.5 Å². The number of aromatic nitrogens is 6. The van der Waals surface area contributed by atoms with Crippen LogP contribution in [0.4, 0.5) is 14.6 Å². The van der Waals surface area contributed by atoms with E-state index in [9.17, 15) is 8.78 Å². The Balaban J connectivity index is 0.000000548. The summed E-state index contributed by atoms with van der Waals surface area (Å²) in [5, 5.41) is 8.94. The molecule has 9 nitrogen and oxygen atoms in total. The van der Waals surface area contributed by atoms with Gasteiger partial charge in [-0.1, -0.05) is 23.7 Å². The Bertz CT molecular complexity index is 1540. The SMILES string of the molecule is C1CCOC1.Cc1cc(C(C2CC(F)(F)C2)N2CCN(c3nc4nncn4c4c3nc(C)n4C)C(C)C2)ccc1Cl. The Hall–Kier alpha value is -2.89. The van der Waals surface area contributed by atoms with Gasteiger partial charge in [0.15, 0.2) is 11.5 Å². The maximum absolute atomic E-state index is 13.9. The first-order valence-electron chi connectivity index (χ1n) is 14.4. The second-order valence-corrected chi connectivity index (χ2v) is 12.1. The van der Waals surface area contributed by atoms with Crippen LogP contribution in [0.5, 0.6) is 0 Å². The first kappa shape index (κ1) is 28.2. The zero-order chi connectivity index (χ0) is 28.9. The number of ether oxygens (including phenoxy) is 1. The van der Waals surface area contributed by atoms with E-state index < -0.39 is 5.92 Å². The summed E-state index contributed by atoms with van der Waals surface area (Å²) in [6.07, 6.45) is 4.06. The van der Waals surface area contributed by atoms with E-state index >= 15 is 0 Å². The fourth-order valence-corrected chi connectivity index (χ4v) is 6.57. The molecule has 0 spiro atoms. The maximum atomic E-state index is 13.9. The number of anilines is 1. The van der Waals surface area contributed by atoms with E-state index in [4.69, 9.17) is 26.3 Å². The molecule has 1 aromatic carbocycles. The average molecular weight is 587 g/mol. The number of hydrogen-bond acceptors (Lipinski definition) is 7. The van der Waals surface area contributed by atoms with Crippen LogP contribution in [0.15, 0.2) is 24.5 Å². The predicted molar refractivity (Wildman–Crippen MR) is 155 cm³/mol. The van der Waals surface area contributed by atoms with Crippen molar-refractivity contribution >= 4 is 34.4 Å². The van der Waals surface area contributed by atoms with E-state index in [1.54, 1.807) is 6.33 Å². The van der Waals surface area contributed by atoms with Crippen molar-refractivity contribution < 1.29 is 13.5 Å². The molecule has 0 N–H and O–H groups in total. The molecule has 0 radical (unpaired) electrons. The minimum atomic E-state index is -2.57. The van der Waals surface area contributed by atoms with Gasteiger partial charge in [-0.25, -0.2) is 18.2 Å². The molecular formula is C29H37ClF2N8O. The summed E-state index contributed by atoms with van der Waals surface area (Å²) in [4.78, 5) is 14.3. The molecule has 4 aromatic rings. The molecule has 2 unspecified atom stereocenters. The van der Waals surface area contributed by atoms with Gasteiger partial charge in [0.2, 0.25) is 5.92 Å². The topological polar surface area (TPSA) is 76.6 Å². The highest BCUT2D eigenvalue weighted by atomic mass is 35.5. The molecule has 1 saturated carbocycles. The van der Waals surface area contributed by atoms with Gasteiger partial charge in [-0.2, -0.15) is 4.98 Å². The number of benzene rings is 1. The molecule has 2 saturated heterocycles. The number of halogens is 3. The number of alkyl halides is 2. The highest BCUT2D eigenvalue weighted by molar-refractivity contribution is 6.31. The van der Waals surface area contributed by atoms with Gasteiger partial charge < -0.3 is 14.2 Å². The van der Waals surface area contributed by atoms with E-state index in [0.29, 0.717) is 17.3 Å². The predicted octanol–water partition coefficient (Wildman–Crippen LogP) is 5.38. The first-order valence-corrected chi connectivity index (χ1v) is 14.8. The Morgan fingerprint density at radius 3 is 2.49 bits per heavy atom. The lowest BCUT2D eigenvalue weighted by Crippen LogP contribution is -2.56. The normalized spacial score (nSPS) is 22.1. The molecular weight excluding hydrogens is 550 g/mol. The second-order valence-electron chi connectivity index (χ2n) is 11.7. The lowest BCUT2D eigenvalue weighted by molar-refractivity contribution is -0.133. The zero-order valence-corrected chi connectivity index (χ0v) is 24.8. The van der Waals surface area contributed by atoms with Crippen LogP contribution in [-0.2, 0) is 11.8 Å². The van der Waals surface area contributed by atoms with Crippen molar-refractivity contribution in [1.82, 2.24) is 34.0 Å². The quantitative estimate of drug-likeness (QED) is 0.318. The highest BCUT2D eigenvalue weighted by Gasteiger charge is 2.50. The van der Waals surface area contributed by atoms with Crippen LogP contribution < -0.4 is 4.90 Å². The van der Waals surface area contributed by atoms with Gasteiger partial charge >= 0.3 is 0 Å². The van der Waals surface area contributed by atoms with Gasteiger partial charge in [0, 0.05) is 69.8 Å². The van der Waals surface area contributed by atoms with Gasteiger partial charge in [0.05, 0.1) is 0 Å². The summed E-state index contributed by atoms with van der Waals surface area (Å²) < 4.78 is 36.7. The van der Waals surface area contributed by atoms with Gasteiger partial charge in [-0.15, -0.1) is 10.2 Å². The Morgan fingerprint density at radius 1 is 1.10 bits per heavy atom. The van der Waals surface area contributed by atoms with Crippen molar-refractivity contribution in [3.8, 4) is 0 Å². The van der Waals surface area contributed by atoms with Crippen molar-refractivity contribution in [3.63, 3.8) is 0 Å². The molecule has 3 aliphatic rings. The number of fused-ring (bicyclic) bond motifs is 3. The molecule has 220 valence electrons. The molecule has 41 heavy (non-hydrogen) atoms. The van der Waals surface area contributed by atoms with Crippen LogP contribution >= 0.6 is 11.6 Å². The first-order chi connectivity index (χ1) is 19.6. The minimum absolute atomic E-state index is 0.0748. The minimum Gasteiger partial charge on any atom is -0.381 e. The average Bonchev–Trinajstić information content (AvgIpc) is 3.69. The zero-order valence-electron chi connectivity index (χ0n) is 24.0. The van der Waals surface area contributed by atoms with Gasteiger partial charge in [0.25, 0.3) is 5.78 Å². The van der Waals surface area contributed by atoms with Crippen LogP contribution in [0, 0.1) is 19.8 Å². The van der Waals surface area contributed by atoms with Crippen LogP contribution in [-0.4, -0.2) is 78.8 Å². The van der Waals surface area contributed by atoms with E-state index in [1.165, 1.54) is 12.8 Å². The summed E-state index contributed by atoms with van der Waals surface area (Å²) >= 11 is 6.28. The van der Waals surface area contributed by atoms with Gasteiger partial charge in [-0.05, 0) is 56.7 Å². The van der Waals surface area contributed by atoms with Crippen LogP contribution in [0.25, 0.3) is 16.9 Å². The summed E-state index contributed by atoms with van der Waals surface area (Å²) in [5.41, 5.74) is 3.74. The summed E-state index contributed by atoms with van der Waals surface area (Å²) in [6.45, 7) is 10.2. The van der Waals surface area contributed by atoms with Gasteiger partial charge in [-0.3, -0.25) is 4.90 Å². The number of aryl methyl sites for hydroxylation is 3. The number of rotatable bonds is 4. The number of nitrogens with zero attached hydrogens (tertiary/aromatic N) is 8. The second kappa shape index (κ2) is 11.1. The van der Waals surface area contributed by atoms with E-state index in [0.717, 1.165) is 60.2 Å². The van der Waals surface area contributed by atoms with Crippen molar-refractivity contribution in [2.75, 3.05) is 37.7 Å². The van der Waals surface area contributed by atoms with Crippen molar-refractivity contribution in [3.05, 3.63) is 46.5 Å². The molecule has 12 heteroatoms. The Labute approximate surface area is 243 Å². The monoisotopic (exact) mass is 586 g/mol. The molecule has 2 atom stereocenters. The smallest absolute Gasteiger partial charge is 0.258 e. The highest BCUT2D eigenvalue weighted by Crippen LogP contribution is 2.51. The van der Waals surface area contributed by atoms with Crippen LogP contribution in [0.1, 0.15) is 55.6 Å². The Morgan fingerprint density at radius 2 is 1.85 bits per heavy atom.